The van der Waals surface area contributed by atoms with Crippen LogP contribution in [0.15, 0.2) is 41.3 Å². The lowest BCUT2D eigenvalue weighted by atomic mass is 10.1. The largest absolute Gasteiger partial charge is 0.378 e. The summed E-state index contributed by atoms with van der Waals surface area (Å²) in [6.07, 6.45) is 0. The molecule has 13 heteroatoms. The van der Waals surface area contributed by atoms with Crippen LogP contribution in [0.25, 0.3) is 11.0 Å². The standard InChI is InChI=1S/C25H29N7O5S/c1-15-12-27-25(34)21-10-16-2-4-20(28-23(16)32(15)21)24(33)29-19-5-3-17(11-22(19)38(26,35)36)30-6-8-31(9-7-30)18-13-37-14-18/h2-5,10-11,15,18H,6-9,12-14H2,1H3,(H,27,34)(H,29,33)(H2,26,35,36)/t15-/m1/s1. The molecular weight excluding hydrogens is 510 g/mol. The fourth-order valence-electron chi connectivity index (χ4n) is 5.28. The Hall–Kier alpha value is -3.52. The second kappa shape index (κ2) is 9.34. The Kier molecular flexibility index (Phi) is 6.10. The summed E-state index contributed by atoms with van der Waals surface area (Å²) < 4.78 is 32.1. The van der Waals surface area contributed by atoms with Gasteiger partial charge in [-0.15, -0.1) is 0 Å². The summed E-state index contributed by atoms with van der Waals surface area (Å²) in [6, 6.07) is 10.3. The number of nitrogens with zero attached hydrogens (tertiary/aromatic N) is 4. The number of primary sulfonamides is 1. The van der Waals surface area contributed by atoms with Crippen molar-refractivity contribution in [3.63, 3.8) is 0 Å². The van der Waals surface area contributed by atoms with E-state index in [4.69, 9.17) is 9.88 Å². The van der Waals surface area contributed by atoms with Gasteiger partial charge < -0.3 is 24.8 Å². The van der Waals surface area contributed by atoms with Crippen LogP contribution in [0.1, 0.15) is 33.9 Å². The molecule has 2 amide bonds. The number of carbonyl (C=O) groups is 2. The monoisotopic (exact) mass is 539 g/mol. The number of amides is 2. The van der Waals surface area contributed by atoms with Crippen LogP contribution < -0.4 is 20.7 Å². The van der Waals surface area contributed by atoms with Crippen LogP contribution >= 0.6 is 0 Å². The number of ether oxygens (including phenoxy) is 1. The molecule has 2 fully saturated rings. The summed E-state index contributed by atoms with van der Waals surface area (Å²) in [4.78, 5) is 34.3. The first-order chi connectivity index (χ1) is 18.2. The van der Waals surface area contributed by atoms with Crippen LogP contribution in [0.4, 0.5) is 11.4 Å². The van der Waals surface area contributed by atoms with E-state index in [0.29, 0.717) is 23.9 Å². The Morgan fingerprint density at radius 2 is 1.89 bits per heavy atom. The molecule has 0 saturated carbocycles. The van der Waals surface area contributed by atoms with Gasteiger partial charge in [0.2, 0.25) is 10.0 Å². The van der Waals surface area contributed by atoms with Gasteiger partial charge in [-0.3, -0.25) is 14.5 Å². The number of nitrogens with one attached hydrogen (secondary N) is 2. The average Bonchev–Trinajstić information content (AvgIpc) is 3.25. The van der Waals surface area contributed by atoms with Gasteiger partial charge in [0.05, 0.1) is 31.0 Å². The van der Waals surface area contributed by atoms with Gasteiger partial charge in [-0.1, -0.05) is 0 Å². The highest BCUT2D eigenvalue weighted by atomic mass is 32.2. The average molecular weight is 540 g/mol. The number of benzene rings is 1. The molecule has 0 unspecified atom stereocenters. The Morgan fingerprint density at radius 1 is 1.13 bits per heavy atom. The molecule has 200 valence electrons. The van der Waals surface area contributed by atoms with Crippen molar-refractivity contribution in [3.8, 4) is 0 Å². The molecule has 4 N–H and O–H groups in total. The molecular formula is C25H29N7O5S. The van der Waals surface area contributed by atoms with Crippen molar-refractivity contribution in [2.24, 2.45) is 5.14 Å². The smallest absolute Gasteiger partial charge is 0.274 e. The van der Waals surface area contributed by atoms with E-state index in [-0.39, 0.29) is 28.2 Å². The lowest BCUT2D eigenvalue weighted by molar-refractivity contribution is -0.0660. The third kappa shape index (κ3) is 4.41. The Morgan fingerprint density at radius 3 is 2.58 bits per heavy atom. The van der Waals surface area contributed by atoms with Gasteiger partial charge in [0.25, 0.3) is 11.8 Å². The van der Waals surface area contributed by atoms with Gasteiger partial charge in [-0.25, -0.2) is 18.5 Å². The molecule has 1 aromatic carbocycles. The summed E-state index contributed by atoms with van der Waals surface area (Å²) >= 11 is 0. The highest BCUT2D eigenvalue weighted by Gasteiger charge is 2.30. The van der Waals surface area contributed by atoms with E-state index in [1.54, 1.807) is 30.3 Å². The summed E-state index contributed by atoms with van der Waals surface area (Å²) in [5.74, 6) is -0.771. The second-order valence-electron chi connectivity index (χ2n) is 9.96. The minimum atomic E-state index is -4.13. The van der Waals surface area contributed by atoms with Crippen LogP contribution in [0.2, 0.25) is 0 Å². The fourth-order valence-corrected chi connectivity index (χ4v) is 5.99. The topological polar surface area (TPSA) is 152 Å². The third-order valence-corrected chi connectivity index (χ3v) is 8.44. The second-order valence-corrected chi connectivity index (χ2v) is 11.5. The van der Waals surface area contributed by atoms with E-state index in [1.807, 2.05) is 11.5 Å². The van der Waals surface area contributed by atoms with Crippen LogP contribution in [0.3, 0.4) is 0 Å². The van der Waals surface area contributed by atoms with Gasteiger partial charge >= 0.3 is 0 Å². The van der Waals surface area contributed by atoms with E-state index in [2.05, 4.69) is 25.4 Å². The van der Waals surface area contributed by atoms with Crippen molar-refractivity contribution in [1.29, 1.82) is 0 Å². The number of hydrogen-bond acceptors (Lipinski definition) is 8. The van der Waals surface area contributed by atoms with Gasteiger partial charge in [-0.05, 0) is 43.3 Å². The van der Waals surface area contributed by atoms with Crippen molar-refractivity contribution in [3.05, 3.63) is 47.8 Å². The number of fused-ring (bicyclic) bond motifs is 3. The van der Waals surface area contributed by atoms with E-state index in [0.717, 1.165) is 50.5 Å². The van der Waals surface area contributed by atoms with E-state index >= 15 is 0 Å². The fraction of sp³-hybridized carbons (Fsp3) is 0.400. The number of rotatable bonds is 5. The minimum absolute atomic E-state index is 0.0311. The first-order valence-electron chi connectivity index (χ1n) is 12.5. The van der Waals surface area contributed by atoms with Crippen LogP contribution in [-0.4, -0.2) is 86.7 Å². The maximum atomic E-state index is 13.2. The molecule has 6 rings (SSSR count). The molecule has 5 heterocycles. The van der Waals surface area contributed by atoms with Crippen molar-refractivity contribution in [2.75, 3.05) is 56.2 Å². The molecule has 12 nitrogen and oxygen atoms in total. The number of hydrogen-bond donors (Lipinski definition) is 3. The molecule has 38 heavy (non-hydrogen) atoms. The summed E-state index contributed by atoms with van der Waals surface area (Å²) in [6.45, 7) is 7.13. The first-order valence-corrected chi connectivity index (χ1v) is 14.1. The Bertz CT molecular complexity index is 1540. The zero-order valence-electron chi connectivity index (χ0n) is 20.9. The van der Waals surface area contributed by atoms with Crippen LogP contribution in [-0.2, 0) is 14.8 Å². The molecule has 2 saturated heterocycles. The molecule has 0 spiro atoms. The van der Waals surface area contributed by atoms with Crippen molar-refractivity contribution in [1.82, 2.24) is 19.8 Å². The van der Waals surface area contributed by atoms with Gasteiger partial charge in [0.1, 0.15) is 21.9 Å². The summed E-state index contributed by atoms with van der Waals surface area (Å²) in [7, 11) is -4.13. The molecule has 3 aliphatic rings. The van der Waals surface area contributed by atoms with E-state index in [1.165, 1.54) is 6.07 Å². The normalized spacial score (nSPS) is 20.6. The molecule has 0 bridgehead atoms. The number of piperazine rings is 1. The van der Waals surface area contributed by atoms with Gasteiger partial charge in [0.15, 0.2) is 0 Å². The Balaban J connectivity index is 1.25. The van der Waals surface area contributed by atoms with Crippen LogP contribution in [0.5, 0.6) is 0 Å². The van der Waals surface area contributed by atoms with Crippen molar-refractivity contribution in [2.45, 2.75) is 23.9 Å². The maximum Gasteiger partial charge on any atom is 0.274 e. The van der Waals surface area contributed by atoms with E-state index < -0.39 is 15.9 Å². The SMILES string of the molecule is C[C@@H]1CNC(=O)c2cc3ccc(C(=O)Nc4ccc(N5CCN(C6COC6)CC5)cc4S(N)(=O)=O)nc3n21. The molecule has 1 atom stereocenters. The zero-order chi connectivity index (χ0) is 26.6. The molecule has 3 aliphatic heterocycles. The van der Waals surface area contributed by atoms with Crippen LogP contribution in [0, 0.1) is 0 Å². The minimum Gasteiger partial charge on any atom is -0.378 e. The molecule has 2 aromatic heterocycles. The van der Waals surface area contributed by atoms with Gasteiger partial charge in [0, 0.05) is 43.8 Å². The molecule has 3 aromatic rings. The predicted octanol–water partition coefficient (Wildman–Crippen LogP) is 0.761. The number of aromatic nitrogens is 2. The zero-order valence-corrected chi connectivity index (χ0v) is 21.7. The number of anilines is 2. The first kappa shape index (κ1) is 24.8. The number of pyridine rings is 1. The summed E-state index contributed by atoms with van der Waals surface area (Å²) in [5, 5.41) is 11.8. The molecule has 0 radical (unpaired) electrons. The Labute approximate surface area is 219 Å². The van der Waals surface area contributed by atoms with Crippen molar-refractivity contribution >= 4 is 44.2 Å². The molecule has 0 aliphatic carbocycles. The maximum absolute atomic E-state index is 13.2. The van der Waals surface area contributed by atoms with E-state index in [9.17, 15) is 18.0 Å². The highest BCUT2D eigenvalue weighted by Crippen LogP contribution is 2.29. The number of sulfonamides is 1. The lowest BCUT2D eigenvalue weighted by Crippen LogP contribution is -2.56. The third-order valence-electron chi connectivity index (χ3n) is 7.49. The lowest BCUT2D eigenvalue weighted by Gasteiger charge is -2.43. The van der Waals surface area contributed by atoms with Crippen molar-refractivity contribution < 1.29 is 22.7 Å². The quantitative estimate of drug-likeness (QED) is 0.430. The number of nitrogens with two attached hydrogens (primary N) is 1. The predicted molar refractivity (Wildman–Crippen MR) is 141 cm³/mol. The van der Waals surface area contributed by atoms with Gasteiger partial charge in [-0.2, -0.15) is 0 Å². The summed E-state index contributed by atoms with van der Waals surface area (Å²) in [5.41, 5.74) is 1.90. The highest BCUT2D eigenvalue weighted by molar-refractivity contribution is 7.89. The number of carbonyl (C=O) groups excluding carboxylic acids is 2.